The summed E-state index contributed by atoms with van der Waals surface area (Å²) in [6.07, 6.45) is 1.77. The first-order chi connectivity index (χ1) is 14.5. The summed E-state index contributed by atoms with van der Waals surface area (Å²) in [6.45, 7) is 2.43. The van der Waals surface area contributed by atoms with Gasteiger partial charge in [-0.3, -0.25) is 9.69 Å². The Labute approximate surface area is 180 Å². The molecule has 1 heterocycles. The first kappa shape index (κ1) is 21.6. The van der Waals surface area contributed by atoms with Crippen molar-refractivity contribution in [2.24, 2.45) is 4.99 Å². The molecular formula is C22H24N2O5S. The largest absolute Gasteiger partial charge is 0.497 e. The molecule has 0 saturated carbocycles. The molecule has 0 aromatic heterocycles. The minimum absolute atomic E-state index is 0.116. The Morgan fingerprint density at radius 2 is 1.53 bits per heavy atom. The molecule has 0 unspecified atom stereocenters. The van der Waals surface area contributed by atoms with Crippen molar-refractivity contribution in [3.63, 3.8) is 0 Å². The van der Waals surface area contributed by atoms with Crippen molar-refractivity contribution in [2.45, 2.75) is 6.92 Å². The Morgan fingerprint density at radius 3 is 2.03 bits per heavy atom. The number of likely N-dealkylation sites (N-methyl/N-ethyl adjacent to an activating group) is 1. The van der Waals surface area contributed by atoms with Crippen LogP contribution in [0.15, 0.2) is 46.3 Å². The zero-order valence-corrected chi connectivity index (χ0v) is 18.4. The highest BCUT2D eigenvalue weighted by molar-refractivity contribution is 8.18. The van der Waals surface area contributed by atoms with Crippen LogP contribution in [-0.4, -0.2) is 51.0 Å². The minimum Gasteiger partial charge on any atom is -0.497 e. The van der Waals surface area contributed by atoms with Gasteiger partial charge in [0.25, 0.3) is 5.91 Å². The van der Waals surface area contributed by atoms with Crippen LogP contribution >= 0.6 is 11.8 Å². The highest BCUT2D eigenvalue weighted by Crippen LogP contribution is 2.40. The molecule has 2 aromatic carbocycles. The number of benzene rings is 2. The first-order valence-corrected chi connectivity index (χ1v) is 10.1. The predicted molar refractivity (Wildman–Crippen MR) is 119 cm³/mol. The summed E-state index contributed by atoms with van der Waals surface area (Å²) in [5, 5.41) is 0.616. The fraction of sp³-hybridized carbons (Fsp3) is 0.273. The zero-order chi connectivity index (χ0) is 21.7. The van der Waals surface area contributed by atoms with E-state index in [1.54, 1.807) is 51.5 Å². The monoisotopic (exact) mass is 428 g/mol. The number of amidine groups is 1. The lowest BCUT2D eigenvalue weighted by Gasteiger charge is -2.13. The molecule has 3 rings (SSSR count). The van der Waals surface area contributed by atoms with Crippen LogP contribution in [0.4, 0.5) is 5.69 Å². The summed E-state index contributed by atoms with van der Waals surface area (Å²) in [6, 6.07) is 10.9. The van der Waals surface area contributed by atoms with Gasteiger partial charge in [0.1, 0.15) is 23.0 Å². The highest BCUT2D eigenvalue weighted by Gasteiger charge is 2.33. The Hall–Kier alpha value is -3.13. The third-order valence-electron chi connectivity index (χ3n) is 4.53. The number of hydrogen-bond acceptors (Lipinski definition) is 7. The van der Waals surface area contributed by atoms with Crippen molar-refractivity contribution in [2.75, 3.05) is 35.0 Å². The van der Waals surface area contributed by atoms with E-state index in [4.69, 9.17) is 18.9 Å². The van der Waals surface area contributed by atoms with Crippen LogP contribution < -0.4 is 18.9 Å². The van der Waals surface area contributed by atoms with Crippen LogP contribution in [0.2, 0.25) is 0 Å². The maximum Gasteiger partial charge on any atom is 0.266 e. The van der Waals surface area contributed by atoms with Gasteiger partial charge in [0, 0.05) is 18.7 Å². The van der Waals surface area contributed by atoms with E-state index in [1.807, 2.05) is 31.2 Å². The lowest BCUT2D eigenvalue weighted by atomic mass is 10.1. The number of nitrogens with zero attached hydrogens (tertiary/aromatic N) is 2. The average molecular weight is 429 g/mol. The van der Waals surface area contributed by atoms with Crippen LogP contribution in [0.3, 0.4) is 0 Å². The van der Waals surface area contributed by atoms with Gasteiger partial charge >= 0.3 is 0 Å². The summed E-state index contributed by atoms with van der Waals surface area (Å²) >= 11 is 1.31. The molecule has 7 nitrogen and oxygen atoms in total. The molecule has 2 aromatic rings. The summed E-state index contributed by atoms with van der Waals surface area (Å²) < 4.78 is 21.5. The van der Waals surface area contributed by atoms with Gasteiger partial charge in [-0.2, -0.15) is 0 Å². The molecule has 1 aliphatic rings. The maximum absolute atomic E-state index is 13.0. The molecular weight excluding hydrogens is 404 g/mol. The summed E-state index contributed by atoms with van der Waals surface area (Å²) in [7, 11) is 6.32. The van der Waals surface area contributed by atoms with Crippen LogP contribution in [0, 0.1) is 0 Å². The Morgan fingerprint density at radius 1 is 0.933 bits per heavy atom. The molecule has 1 fully saturated rings. The number of thioether (sulfide) groups is 1. The van der Waals surface area contributed by atoms with Gasteiger partial charge in [-0.25, -0.2) is 4.99 Å². The van der Waals surface area contributed by atoms with E-state index < -0.39 is 0 Å². The molecule has 1 amide bonds. The molecule has 158 valence electrons. The van der Waals surface area contributed by atoms with Crippen molar-refractivity contribution < 1.29 is 23.7 Å². The van der Waals surface area contributed by atoms with Gasteiger partial charge in [-0.1, -0.05) is 0 Å². The third kappa shape index (κ3) is 4.38. The van der Waals surface area contributed by atoms with Crippen LogP contribution in [-0.2, 0) is 4.79 Å². The van der Waals surface area contributed by atoms with Crippen molar-refractivity contribution in [1.82, 2.24) is 4.90 Å². The van der Waals surface area contributed by atoms with E-state index >= 15 is 0 Å². The number of carbonyl (C=O) groups is 1. The highest BCUT2D eigenvalue weighted by atomic mass is 32.2. The summed E-state index contributed by atoms with van der Waals surface area (Å²) in [5.74, 6) is 2.34. The number of carbonyl (C=O) groups excluding carboxylic acids is 1. The molecule has 30 heavy (non-hydrogen) atoms. The fourth-order valence-electron chi connectivity index (χ4n) is 2.94. The zero-order valence-electron chi connectivity index (χ0n) is 17.6. The Bertz CT molecular complexity index is 961. The van der Waals surface area contributed by atoms with Crippen LogP contribution in [0.25, 0.3) is 6.08 Å². The van der Waals surface area contributed by atoms with Crippen molar-refractivity contribution in [3.8, 4) is 23.0 Å². The van der Waals surface area contributed by atoms with E-state index in [0.717, 1.165) is 11.4 Å². The predicted octanol–water partition coefficient (Wildman–Crippen LogP) is 4.34. The Balaban J connectivity index is 2.00. The second-order valence-electron chi connectivity index (χ2n) is 6.20. The molecule has 1 saturated heterocycles. The van der Waals surface area contributed by atoms with Crippen molar-refractivity contribution in [3.05, 3.63) is 46.9 Å². The van der Waals surface area contributed by atoms with E-state index in [0.29, 0.717) is 39.4 Å². The first-order valence-electron chi connectivity index (χ1n) is 9.28. The normalized spacial score (nSPS) is 16.3. The van der Waals surface area contributed by atoms with Gasteiger partial charge in [0.15, 0.2) is 5.17 Å². The molecule has 0 N–H and O–H groups in total. The quantitative estimate of drug-likeness (QED) is 0.611. The second-order valence-corrected chi connectivity index (χ2v) is 7.21. The maximum atomic E-state index is 13.0. The van der Waals surface area contributed by atoms with Gasteiger partial charge in [0.05, 0.1) is 44.6 Å². The number of methoxy groups -OCH3 is 4. The number of aliphatic imine (C=N–C) groups is 1. The number of amides is 1. The topological polar surface area (TPSA) is 69.6 Å². The van der Waals surface area contributed by atoms with Gasteiger partial charge in [-0.05, 0) is 49.0 Å². The average Bonchev–Trinajstić information content (AvgIpc) is 3.07. The lowest BCUT2D eigenvalue weighted by molar-refractivity contribution is -0.122. The fourth-order valence-corrected chi connectivity index (χ4v) is 3.99. The molecule has 0 spiro atoms. The summed E-state index contributed by atoms with van der Waals surface area (Å²) in [5.41, 5.74) is 1.41. The Kier molecular flexibility index (Phi) is 6.89. The molecule has 0 bridgehead atoms. The number of hydrogen-bond donors (Lipinski definition) is 0. The van der Waals surface area contributed by atoms with E-state index in [-0.39, 0.29) is 5.91 Å². The molecule has 1 aliphatic heterocycles. The molecule has 0 radical (unpaired) electrons. The van der Waals surface area contributed by atoms with E-state index in [9.17, 15) is 4.79 Å². The lowest BCUT2D eigenvalue weighted by Crippen LogP contribution is -2.28. The smallest absolute Gasteiger partial charge is 0.266 e. The number of ether oxygens (including phenoxy) is 4. The molecule has 8 heteroatoms. The third-order valence-corrected chi connectivity index (χ3v) is 5.54. The molecule has 0 atom stereocenters. The van der Waals surface area contributed by atoms with Gasteiger partial charge < -0.3 is 18.9 Å². The van der Waals surface area contributed by atoms with Crippen molar-refractivity contribution >= 4 is 34.6 Å². The minimum atomic E-state index is -0.116. The van der Waals surface area contributed by atoms with Crippen LogP contribution in [0.1, 0.15) is 12.5 Å². The number of rotatable bonds is 7. The summed E-state index contributed by atoms with van der Waals surface area (Å²) in [4.78, 5) is 19.8. The van der Waals surface area contributed by atoms with Crippen LogP contribution in [0.5, 0.6) is 23.0 Å². The standard InChI is InChI=1S/C22H24N2O5S/c1-6-24-21(25)20(30-22(24)23-14-7-9-15(26-2)10-8-14)13-17-18(28-4)11-16(27-3)12-19(17)29-5/h7-13H,6H2,1-5H3/b20-13+,23-22?. The van der Waals surface area contributed by atoms with Gasteiger partial charge in [0.2, 0.25) is 0 Å². The van der Waals surface area contributed by atoms with Crippen molar-refractivity contribution in [1.29, 1.82) is 0 Å². The van der Waals surface area contributed by atoms with E-state index in [1.165, 1.54) is 11.8 Å². The second kappa shape index (κ2) is 9.58. The van der Waals surface area contributed by atoms with Gasteiger partial charge in [-0.15, -0.1) is 0 Å². The SMILES string of the molecule is CCN1C(=O)/C(=C\c2c(OC)cc(OC)cc2OC)SC1=Nc1ccc(OC)cc1. The molecule has 0 aliphatic carbocycles. The van der Waals surface area contributed by atoms with E-state index in [2.05, 4.69) is 4.99 Å².